The number of nitrogens with two attached hydrogens (primary N) is 1. The van der Waals surface area contributed by atoms with Gasteiger partial charge in [-0.05, 0) is 0 Å². The molecule has 10 nitrogen and oxygen atoms in total. The van der Waals surface area contributed by atoms with E-state index in [1.807, 2.05) is 6.08 Å². The van der Waals surface area contributed by atoms with Crippen molar-refractivity contribution in [2.45, 2.75) is 18.6 Å². The van der Waals surface area contributed by atoms with E-state index in [-0.39, 0.29) is 17.5 Å². The van der Waals surface area contributed by atoms with Gasteiger partial charge in [0.1, 0.15) is 6.35 Å². The Balaban J connectivity index is 1.81. The molecule has 0 unspecified atom stereocenters. The molecule has 2 heterocycles. The fourth-order valence-corrected chi connectivity index (χ4v) is 2.74. The minimum absolute atomic E-state index is 0.00414. The van der Waals surface area contributed by atoms with Crippen molar-refractivity contribution < 1.29 is 19.1 Å². The lowest BCUT2D eigenvalue weighted by molar-refractivity contribution is 0.102. The summed E-state index contributed by atoms with van der Waals surface area (Å²) < 4.78 is 17.7. The summed E-state index contributed by atoms with van der Waals surface area (Å²) in [6.45, 7) is 0. The quantitative estimate of drug-likeness (QED) is 0.441. The second kappa shape index (κ2) is 5.33. The van der Waals surface area contributed by atoms with E-state index in [0.717, 1.165) is 0 Å². The maximum Gasteiger partial charge on any atom is 0.351 e. The third kappa shape index (κ3) is 2.95. The van der Waals surface area contributed by atoms with E-state index in [1.165, 1.54) is 6.33 Å². The van der Waals surface area contributed by atoms with Crippen LogP contribution in [0.25, 0.3) is 11.2 Å². The van der Waals surface area contributed by atoms with Gasteiger partial charge in [-0.15, -0.1) is 0 Å². The summed E-state index contributed by atoms with van der Waals surface area (Å²) in [7, 11) is -4.20. The molecule has 2 atom stereocenters. The highest BCUT2D eigenvalue weighted by molar-refractivity contribution is 7.51. The second-order valence-electron chi connectivity index (χ2n) is 4.96. The molecule has 0 saturated carbocycles. The number of allylic oxidation sites excluding steroid dienone is 1. The molecular formula is C11H14N5O5P. The molecule has 0 aliphatic heterocycles. The third-order valence-electron chi connectivity index (χ3n) is 3.29. The predicted octanol–water partition coefficient (Wildman–Crippen LogP) is -0.277. The predicted molar refractivity (Wildman–Crippen MR) is 77.1 cm³/mol. The second-order valence-corrected chi connectivity index (χ2v) is 6.55. The molecule has 118 valence electrons. The molecule has 11 heteroatoms. The van der Waals surface area contributed by atoms with Gasteiger partial charge in [-0.3, -0.25) is 14.3 Å². The molecule has 0 fully saturated rings. The first kappa shape index (κ1) is 14.9. The molecular weight excluding hydrogens is 313 g/mol. The van der Waals surface area contributed by atoms with E-state index >= 15 is 0 Å². The topological polar surface area (TPSA) is 156 Å². The molecule has 0 radical (unpaired) electrons. The van der Waals surface area contributed by atoms with Crippen LogP contribution in [0.5, 0.6) is 0 Å². The standard InChI is InChI=1S/C11H14N5O5P/c12-11-14-9-8(10(17)15-11)13-4-16(9)6-1-2-7(3-6)21-5-22(18,19)20/h1-2,4,6-7H,3,5H2,(H2,18,19,20)(H3,12,14,15,17)/t6-,7+/m0/s1. The number of nitrogens with one attached hydrogen (secondary N) is 1. The Hall–Kier alpha value is -2.00. The molecule has 5 N–H and O–H groups in total. The van der Waals surface area contributed by atoms with E-state index < -0.39 is 25.6 Å². The monoisotopic (exact) mass is 327 g/mol. The highest BCUT2D eigenvalue weighted by Crippen LogP contribution is 2.36. The Morgan fingerprint density at radius 1 is 1.50 bits per heavy atom. The molecule has 0 amide bonds. The molecule has 0 bridgehead atoms. The fraction of sp³-hybridized carbons (Fsp3) is 0.364. The minimum atomic E-state index is -4.20. The number of aromatic amines is 1. The van der Waals surface area contributed by atoms with E-state index in [0.29, 0.717) is 12.1 Å². The number of anilines is 1. The average Bonchev–Trinajstić information content (AvgIpc) is 3.01. The van der Waals surface area contributed by atoms with Crippen LogP contribution in [0.15, 0.2) is 23.3 Å². The van der Waals surface area contributed by atoms with E-state index in [2.05, 4.69) is 15.0 Å². The minimum Gasteiger partial charge on any atom is -0.369 e. The smallest absolute Gasteiger partial charge is 0.351 e. The maximum atomic E-state index is 11.7. The molecule has 1 aliphatic carbocycles. The van der Waals surface area contributed by atoms with Crippen LogP contribution in [-0.2, 0) is 9.30 Å². The lowest BCUT2D eigenvalue weighted by atomic mass is 10.2. The Labute approximate surface area is 123 Å². The summed E-state index contributed by atoms with van der Waals surface area (Å²) in [5.41, 5.74) is 5.65. The van der Waals surface area contributed by atoms with Crippen molar-refractivity contribution in [2.75, 3.05) is 12.1 Å². The van der Waals surface area contributed by atoms with E-state index in [4.69, 9.17) is 20.3 Å². The van der Waals surface area contributed by atoms with E-state index in [1.54, 1.807) is 10.6 Å². The summed E-state index contributed by atoms with van der Waals surface area (Å²) in [5, 5.41) is 0. The van der Waals surface area contributed by atoms with Crippen molar-refractivity contribution in [3.05, 3.63) is 28.8 Å². The van der Waals surface area contributed by atoms with Crippen LogP contribution >= 0.6 is 7.60 Å². The number of imidazole rings is 1. The summed E-state index contributed by atoms with van der Waals surface area (Å²) >= 11 is 0. The SMILES string of the molecule is Nc1nc2c(ncn2[C@H]2C=C[C@@H](OCP(=O)(O)O)C2)c(=O)[nH]1. The van der Waals surface area contributed by atoms with Gasteiger partial charge in [-0.25, -0.2) is 4.98 Å². The number of nitrogens with zero attached hydrogens (tertiary/aromatic N) is 3. The van der Waals surface area contributed by atoms with Crippen LogP contribution in [-0.4, -0.2) is 41.8 Å². The Kier molecular flexibility index (Phi) is 3.61. The van der Waals surface area contributed by atoms with E-state index in [9.17, 15) is 9.36 Å². The van der Waals surface area contributed by atoms with Crippen LogP contribution in [0, 0.1) is 0 Å². The van der Waals surface area contributed by atoms with Gasteiger partial charge in [-0.2, -0.15) is 4.98 Å². The maximum absolute atomic E-state index is 11.7. The van der Waals surface area contributed by atoms with Crippen molar-refractivity contribution >= 4 is 24.7 Å². The van der Waals surface area contributed by atoms with Gasteiger partial charge < -0.3 is 24.8 Å². The zero-order valence-electron chi connectivity index (χ0n) is 11.3. The third-order valence-corrected chi connectivity index (χ3v) is 3.77. The van der Waals surface area contributed by atoms with Crippen molar-refractivity contribution in [3.63, 3.8) is 0 Å². The lowest BCUT2D eigenvalue weighted by Crippen LogP contribution is -2.15. The summed E-state index contributed by atoms with van der Waals surface area (Å²) in [5.74, 6) is -0.00414. The van der Waals surface area contributed by atoms with Gasteiger partial charge >= 0.3 is 7.60 Å². The summed E-state index contributed by atoms with van der Waals surface area (Å²) in [4.78, 5) is 39.8. The Morgan fingerprint density at radius 3 is 3.00 bits per heavy atom. The molecule has 0 spiro atoms. The molecule has 0 saturated heterocycles. The Bertz CT molecular complexity index is 837. The van der Waals surface area contributed by atoms with Crippen LogP contribution in [0.3, 0.4) is 0 Å². The lowest BCUT2D eigenvalue weighted by Gasteiger charge is -2.15. The molecule has 1 aliphatic rings. The average molecular weight is 327 g/mol. The number of ether oxygens (including phenoxy) is 1. The number of aromatic nitrogens is 4. The normalized spacial score (nSPS) is 21.7. The highest BCUT2D eigenvalue weighted by atomic mass is 31.2. The molecule has 0 aromatic carbocycles. The molecule has 2 aromatic heterocycles. The summed E-state index contributed by atoms with van der Waals surface area (Å²) in [6, 6.07) is -0.180. The van der Waals surface area contributed by atoms with Gasteiger partial charge in [-0.1, -0.05) is 12.2 Å². The number of nitrogen functional groups attached to an aromatic ring is 1. The number of hydrogen-bond acceptors (Lipinski definition) is 6. The largest absolute Gasteiger partial charge is 0.369 e. The zero-order valence-corrected chi connectivity index (χ0v) is 12.2. The highest BCUT2D eigenvalue weighted by Gasteiger charge is 2.25. The fourth-order valence-electron chi connectivity index (χ4n) is 2.36. The van der Waals surface area contributed by atoms with Gasteiger partial charge in [0.25, 0.3) is 5.56 Å². The number of hydrogen-bond donors (Lipinski definition) is 4. The van der Waals surface area contributed by atoms with Gasteiger partial charge in [0.15, 0.2) is 11.2 Å². The van der Waals surface area contributed by atoms with Gasteiger partial charge in [0.2, 0.25) is 5.95 Å². The van der Waals surface area contributed by atoms with Crippen molar-refractivity contribution in [3.8, 4) is 0 Å². The van der Waals surface area contributed by atoms with Gasteiger partial charge in [0.05, 0.1) is 18.5 Å². The van der Waals surface area contributed by atoms with Crippen molar-refractivity contribution in [1.82, 2.24) is 19.5 Å². The Morgan fingerprint density at radius 2 is 2.27 bits per heavy atom. The first-order chi connectivity index (χ1) is 10.3. The van der Waals surface area contributed by atoms with Crippen molar-refractivity contribution in [2.24, 2.45) is 0 Å². The number of H-pyrrole nitrogens is 1. The van der Waals surface area contributed by atoms with Crippen LogP contribution < -0.4 is 11.3 Å². The molecule has 3 rings (SSSR count). The molecule has 2 aromatic rings. The molecule has 22 heavy (non-hydrogen) atoms. The first-order valence-corrected chi connectivity index (χ1v) is 8.20. The van der Waals surface area contributed by atoms with Gasteiger partial charge in [0, 0.05) is 6.42 Å². The zero-order chi connectivity index (χ0) is 15.9. The number of fused-ring (bicyclic) bond motifs is 1. The van der Waals surface area contributed by atoms with Crippen LogP contribution in [0.2, 0.25) is 0 Å². The summed E-state index contributed by atoms with van der Waals surface area (Å²) in [6.07, 6.45) is 4.40. The van der Waals surface area contributed by atoms with Crippen molar-refractivity contribution in [1.29, 1.82) is 0 Å². The van der Waals surface area contributed by atoms with Crippen LogP contribution in [0.4, 0.5) is 5.95 Å². The van der Waals surface area contributed by atoms with Crippen LogP contribution in [0.1, 0.15) is 12.5 Å². The number of rotatable bonds is 4. The first-order valence-electron chi connectivity index (χ1n) is 6.40.